The molecule has 0 N–H and O–H groups in total. The van der Waals surface area contributed by atoms with E-state index in [1.807, 2.05) is 37.3 Å². The molecule has 0 aliphatic heterocycles. The zero-order valence-electron chi connectivity index (χ0n) is 18.1. The fourth-order valence-corrected chi connectivity index (χ4v) is 3.68. The summed E-state index contributed by atoms with van der Waals surface area (Å²) in [7, 11) is -0.677. The molecule has 0 amide bonds. The van der Waals surface area contributed by atoms with E-state index in [-0.39, 0.29) is 16.2 Å². The topological polar surface area (TPSA) is 85.8 Å². The third-order valence-electron chi connectivity index (χ3n) is 4.51. The Morgan fingerprint density at radius 2 is 1.59 bits per heavy atom. The number of carbonyl (C=O) groups excluding carboxylic acids is 1. The van der Waals surface area contributed by atoms with E-state index < -0.39 is 16.0 Å². The molecule has 1 aromatic heterocycles. The molecule has 0 aliphatic carbocycles. The number of esters is 1. The maximum atomic E-state index is 12.6. The van der Waals surface area contributed by atoms with Gasteiger partial charge in [0, 0.05) is 26.5 Å². The van der Waals surface area contributed by atoms with Crippen molar-refractivity contribution in [1.29, 1.82) is 0 Å². The summed E-state index contributed by atoms with van der Waals surface area (Å²) in [6.45, 7) is 2.24. The maximum absolute atomic E-state index is 12.6. The fourth-order valence-electron chi connectivity index (χ4n) is 2.78. The molecule has 3 rings (SSSR count). The molecule has 0 aliphatic rings. The lowest BCUT2D eigenvalue weighted by Crippen LogP contribution is -2.22. The second-order valence-corrected chi connectivity index (χ2v) is 9.11. The van der Waals surface area contributed by atoms with Gasteiger partial charge in [-0.1, -0.05) is 18.2 Å². The third kappa shape index (κ3) is 5.60. The highest BCUT2D eigenvalue weighted by atomic mass is 32.2. The summed E-state index contributed by atoms with van der Waals surface area (Å²) in [5.74, 6) is 0.104. The van der Waals surface area contributed by atoms with Gasteiger partial charge in [-0.2, -0.15) is 0 Å². The Morgan fingerprint density at radius 3 is 2.22 bits per heavy atom. The van der Waals surface area contributed by atoms with Crippen LogP contribution in [0, 0.1) is 0 Å². The number of carbonyl (C=O) groups is 1. The minimum absolute atomic E-state index is 0.0967. The van der Waals surface area contributed by atoms with E-state index in [1.54, 1.807) is 24.5 Å². The van der Waals surface area contributed by atoms with E-state index in [1.165, 1.54) is 38.4 Å². The summed E-state index contributed by atoms with van der Waals surface area (Å²) >= 11 is 0. The number of benzene rings is 2. The van der Waals surface area contributed by atoms with Crippen molar-refractivity contribution >= 4 is 28.1 Å². The Kier molecular flexibility index (Phi) is 7.40. The van der Waals surface area contributed by atoms with Crippen molar-refractivity contribution in [1.82, 2.24) is 9.29 Å². The number of nitrogens with zero attached hydrogens (tertiary/aromatic N) is 2. The summed E-state index contributed by atoms with van der Waals surface area (Å²) in [6, 6.07) is 14.7. The van der Waals surface area contributed by atoms with Gasteiger partial charge in [0.15, 0.2) is 11.5 Å². The first-order valence-electron chi connectivity index (χ1n) is 9.91. The lowest BCUT2D eigenvalue weighted by atomic mass is 10.1. The SMILES string of the molecule is CCOc1cc(/C=C/c2ccncc2)ccc1OC(=O)c1ccc(S(=O)(=O)N(C)C)cc1. The highest BCUT2D eigenvalue weighted by molar-refractivity contribution is 7.89. The summed E-state index contributed by atoms with van der Waals surface area (Å²) in [5.41, 5.74) is 2.11. The minimum Gasteiger partial charge on any atom is -0.490 e. The van der Waals surface area contributed by atoms with Crippen LogP contribution in [0.1, 0.15) is 28.4 Å². The molecule has 0 radical (unpaired) electrons. The molecule has 0 saturated carbocycles. The predicted molar refractivity (Wildman–Crippen MR) is 123 cm³/mol. The maximum Gasteiger partial charge on any atom is 0.343 e. The molecule has 0 saturated heterocycles. The average molecular weight is 453 g/mol. The molecule has 2 aromatic carbocycles. The second-order valence-electron chi connectivity index (χ2n) is 6.95. The zero-order chi connectivity index (χ0) is 23.1. The van der Waals surface area contributed by atoms with Gasteiger partial charge in [-0.25, -0.2) is 17.5 Å². The van der Waals surface area contributed by atoms with Gasteiger partial charge >= 0.3 is 5.97 Å². The second kappa shape index (κ2) is 10.2. The molecule has 0 bridgehead atoms. The van der Waals surface area contributed by atoms with Gasteiger partial charge in [0.1, 0.15) is 0 Å². The minimum atomic E-state index is -3.57. The van der Waals surface area contributed by atoms with Crippen LogP contribution in [0.25, 0.3) is 12.2 Å². The summed E-state index contributed by atoms with van der Waals surface area (Å²) < 4.78 is 36.6. The van der Waals surface area contributed by atoms with Crippen LogP contribution in [-0.4, -0.2) is 44.4 Å². The van der Waals surface area contributed by atoms with E-state index >= 15 is 0 Å². The Labute approximate surface area is 188 Å². The Balaban J connectivity index is 1.78. The Bertz CT molecular complexity index is 1200. The fraction of sp³-hybridized carbons (Fsp3) is 0.167. The van der Waals surface area contributed by atoms with Gasteiger partial charge in [0.25, 0.3) is 0 Å². The lowest BCUT2D eigenvalue weighted by Gasteiger charge is -2.13. The average Bonchev–Trinajstić information content (AvgIpc) is 2.80. The molecule has 8 heteroatoms. The van der Waals surface area contributed by atoms with Crippen molar-refractivity contribution in [3.05, 3.63) is 83.7 Å². The number of pyridine rings is 1. The number of hydrogen-bond donors (Lipinski definition) is 0. The highest BCUT2D eigenvalue weighted by Gasteiger charge is 2.18. The van der Waals surface area contributed by atoms with Gasteiger partial charge in [-0.15, -0.1) is 0 Å². The molecule has 0 spiro atoms. The van der Waals surface area contributed by atoms with E-state index in [0.29, 0.717) is 12.4 Å². The molecule has 3 aromatic rings. The number of sulfonamides is 1. The molecule has 0 fully saturated rings. The van der Waals surface area contributed by atoms with Gasteiger partial charge in [-0.05, 0) is 66.6 Å². The van der Waals surface area contributed by atoms with Gasteiger partial charge in [0.05, 0.1) is 17.1 Å². The first-order valence-corrected chi connectivity index (χ1v) is 11.3. The normalized spacial score (nSPS) is 11.6. The smallest absolute Gasteiger partial charge is 0.343 e. The van der Waals surface area contributed by atoms with Gasteiger partial charge < -0.3 is 9.47 Å². The van der Waals surface area contributed by atoms with Crippen LogP contribution in [0.4, 0.5) is 0 Å². The number of aromatic nitrogens is 1. The van der Waals surface area contributed by atoms with E-state index in [2.05, 4.69) is 4.98 Å². The standard InChI is InChI=1S/C24H24N2O5S/c1-4-30-23-17-19(6-5-18-13-15-25-16-14-18)7-12-22(23)31-24(27)20-8-10-21(11-9-20)32(28,29)26(2)3/h5-17H,4H2,1-3H3/b6-5+. The van der Waals surface area contributed by atoms with E-state index in [0.717, 1.165) is 15.4 Å². The van der Waals surface area contributed by atoms with Crippen LogP contribution >= 0.6 is 0 Å². The summed E-state index contributed by atoms with van der Waals surface area (Å²) in [6.07, 6.45) is 7.31. The van der Waals surface area contributed by atoms with Crippen LogP contribution in [0.2, 0.25) is 0 Å². The molecule has 0 atom stereocenters. The van der Waals surface area contributed by atoms with Crippen molar-refractivity contribution < 1.29 is 22.7 Å². The first-order chi connectivity index (χ1) is 15.3. The summed E-state index contributed by atoms with van der Waals surface area (Å²) in [4.78, 5) is 16.7. The Hall–Kier alpha value is -3.49. The third-order valence-corrected chi connectivity index (χ3v) is 6.34. The van der Waals surface area contributed by atoms with E-state index in [4.69, 9.17) is 9.47 Å². The molecule has 1 heterocycles. The molecule has 7 nitrogen and oxygen atoms in total. The van der Waals surface area contributed by atoms with Crippen molar-refractivity contribution in [2.45, 2.75) is 11.8 Å². The zero-order valence-corrected chi connectivity index (χ0v) is 18.9. The monoisotopic (exact) mass is 452 g/mol. The Morgan fingerprint density at radius 1 is 0.938 bits per heavy atom. The number of ether oxygens (including phenoxy) is 2. The van der Waals surface area contributed by atoms with Crippen LogP contribution in [-0.2, 0) is 10.0 Å². The van der Waals surface area contributed by atoms with Crippen molar-refractivity contribution in [2.75, 3.05) is 20.7 Å². The van der Waals surface area contributed by atoms with Crippen LogP contribution in [0.5, 0.6) is 11.5 Å². The molecule has 0 unspecified atom stereocenters. The van der Waals surface area contributed by atoms with Crippen molar-refractivity contribution in [3.8, 4) is 11.5 Å². The molecular weight excluding hydrogens is 428 g/mol. The number of hydrogen-bond acceptors (Lipinski definition) is 6. The predicted octanol–water partition coefficient (Wildman–Crippen LogP) is 4.12. The van der Waals surface area contributed by atoms with Gasteiger partial charge in [-0.3, -0.25) is 4.98 Å². The highest BCUT2D eigenvalue weighted by Crippen LogP contribution is 2.30. The first kappa shape index (κ1) is 23.2. The number of rotatable bonds is 8. The van der Waals surface area contributed by atoms with Crippen LogP contribution < -0.4 is 9.47 Å². The van der Waals surface area contributed by atoms with Crippen molar-refractivity contribution in [2.24, 2.45) is 0 Å². The van der Waals surface area contributed by atoms with Crippen LogP contribution in [0.3, 0.4) is 0 Å². The molecule has 32 heavy (non-hydrogen) atoms. The lowest BCUT2D eigenvalue weighted by molar-refractivity contribution is 0.0728. The summed E-state index contributed by atoms with van der Waals surface area (Å²) in [5, 5.41) is 0. The molecular formula is C24H24N2O5S. The van der Waals surface area contributed by atoms with E-state index in [9.17, 15) is 13.2 Å². The quantitative estimate of drug-likeness (QED) is 0.378. The molecule has 166 valence electrons. The van der Waals surface area contributed by atoms with Crippen LogP contribution in [0.15, 0.2) is 71.9 Å². The van der Waals surface area contributed by atoms with Crippen molar-refractivity contribution in [3.63, 3.8) is 0 Å². The largest absolute Gasteiger partial charge is 0.490 e. The van der Waals surface area contributed by atoms with Gasteiger partial charge in [0.2, 0.25) is 10.0 Å².